The van der Waals surface area contributed by atoms with Crippen molar-refractivity contribution in [1.29, 1.82) is 0 Å². The van der Waals surface area contributed by atoms with Gasteiger partial charge in [-0.05, 0) is 23.5 Å². The van der Waals surface area contributed by atoms with Gasteiger partial charge in [-0.2, -0.15) is 0 Å². The van der Waals surface area contributed by atoms with E-state index < -0.39 is 4.75 Å². The van der Waals surface area contributed by atoms with Crippen molar-refractivity contribution >= 4 is 12.0 Å². The Hall–Kier alpha value is 0.160. The fourth-order valence-electron chi connectivity index (χ4n) is 0.131. The predicted molar refractivity (Wildman–Crippen MR) is 32.0 cm³/mol. The minimum Gasteiger partial charge on any atom is -0.395 e. The average molecular weight is 156 g/mol. The molecule has 3 nitrogen and oxygen atoms in total. The van der Waals surface area contributed by atoms with E-state index in [9.17, 15) is 4.53 Å². The molecule has 0 rings (SSSR count). The smallest absolute Gasteiger partial charge is 0.0629 e. The molecule has 0 heterocycles. The first kappa shape index (κ1) is 9.16. The minimum atomic E-state index is -0.522. The normalized spacial score (nSPS) is 12.0. The van der Waals surface area contributed by atoms with Gasteiger partial charge in [-0.1, -0.05) is 0 Å². The molecular formula is C4H9FO3S. The largest absolute Gasteiger partial charge is 0.395 e. The van der Waals surface area contributed by atoms with Crippen molar-refractivity contribution < 1.29 is 19.1 Å². The maximum Gasteiger partial charge on any atom is 0.0629 e. The lowest BCUT2D eigenvalue weighted by Gasteiger charge is -2.16. The van der Waals surface area contributed by atoms with Crippen molar-refractivity contribution in [3.05, 3.63) is 0 Å². The zero-order valence-corrected chi connectivity index (χ0v) is 6.07. The molecule has 0 aliphatic heterocycles. The summed E-state index contributed by atoms with van der Waals surface area (Å²) in [5.74, 6) is 0. The van der Waals surface area contributed by atoms with E-state index >= 15 is 0 Å². The number of hydrogen-bond acceptors (Lipinski definition) is 4. The van der Waals surface area contributed by atoms with Crippen molar-refractivity contribution in [3.63, 3.8) is 0 Å². The topological polar surface area (TPSA) is 38.7 Å². The molecule has 0 saturated carbocycles. The molecule has 9 heavy (non-hydrogen) atoms. The van der Waals surface area contributed by atoms with Gasteiger partial charge in [0.25, 0.3) is 0 Å². The molecule has 0 radical (unpaired) electrons. The van der Waals surface area contributed by atoms with Crippen LogP contribution in [-0.2, 0) is 9.43 Å². The van der Waals surface area contributed by atoms with Gasteiger partial charge in [-0.25, -0.2) is 0 Å². The highest BCUT2D eigenvalue weighted by atomic mass is 32.2. The first-order valence-electron chi connectivity index (χ1n) is 2.36. The highest BCUT2D eigenvalue weighted by molar-refractivity contribution is 7.95. The lowest BCUT2D eigenvalue weighted by atomic mass is 10.2. The summed E-state index contributed by atoms with van der Waals surface area (Å²) in [5, 5.41) is 11.4. The molecule has 0 spiro atoms. The maximum atomic E-state index is 10.8. The van der Waals surface area contributed by atoms with E-state index in [1.807, 2.05) is 0 Å². The van der Waals surface area contributed by atoms with E-state index in [0.717, 1.165) is 12.0 Å². The SMILES string of the molecule is CC(C)(CO)SOOF. The van der Waals surface area contributed by atoms with Crippen molar-refractivity contribution in [1.82, 2.24) is 0 Å². The van der Waals surface area contributed by atoms with Crippen molar-refractivity contribution in [2.24, 2.45) is 0 Å². The Kier molecular flexibility index (Phi) is 4.12. The average Bonchev–Trinajstić information content (AvgIpc) is 1.84. The molecular weight excluding hydrogens is 147 g/mol. The van der Waals surface area contributed by atoms with Crippen LogP contribution in [-0.4, -0.2) is 16.5 Å². The van der Waals surface area contributed by atoms with Crippen molar-refractivity contribution in [3.8, 4) is 0 Å². The summed E-state index contributed by atoms with van der Waals surface area (Å²) < 4.78 is 14.2. The van der Waals surface area contributed by atoms with E-state index in [2.05, 4.69) is 9.43 Å². The van der Waals surface area contributed by atoms with Crippen LogP contribution in [0.2, 0.25) is 0 Å². The fourth-order valence-corrected chi connectivity index (χ4v) is 0.394. The summed E-state index contributed by atoms with van der Waals surface area (Å²) in [5.41, 5.74) is 0. The highest BCUT2D eigenvalue weighted by Gasteiger charge is 2.18. The van der Waals surface area contributed by atoms with Crippen molar-refractivity contribution in [2.45, 2.75) is 18.6 Å². The molecule has 0 fully saturated rings. The maximum absolute atomic E-state index is 10.8. The predicted octanol–water partition coefficient (Wildman–Crippen LogP) is 1.24. The van der Waals surface area contributed by atoms with Gasteiger partial charge in [-0.3, -0.25) is 0 Å². The minimum absolute atomic E-state index is 0.0962. The first-order chi connectivity index (χ1) is 4.12. The highest BCUT2D eigenvalue weighted by Crippen LogP contribution is 2.24. The molecule has 0 atom stereocenters. The molecule has 0 aromatic carbocycles. The molecule has 0 saturated heterocycles. The van der Waals surface area contributed by atoms with Gasteiger partial charge in [0.2, 0.25) is 0 Å². The van der Waals surface area contributed by atoms with Crippen LogP contribution >= 0.6 is 12.0 Å². The van der Waals surface area contributed by atoms with Crippen LogP contribution in [0.5, 0.6) is 0 Å². The molecule has 0 aromatic heterocycles. The molecule has 0 amide bonds. The summed E-state index contributed by atoms with van der Waals surface area (Å²) in [6.07, 6.45) is 0. The lowest BCUT2D eigenvalue weighted by molar-refractivity contribution is -0.359. The molecule has 0 aliphatic carbocycles. The Morgan fingerprint density at radius 3 is 2.56 bits per heavy atom. The number of rotatable bonds is 4. The lowest BCUT2D eigenvalue weighted by Crippen LogP contribution is -2.19. The van der Waals surface area contributed by atoms with E-state index in [1.54, 1.807) is 13.8 Å². The standard InChI is InChI=1S/C4H9FO3S/c1-4(2,3-6)9-8-7-5/h6H,3H2,1-2H3. The number of hydrogen-bond donors (Lipinski definition) is 1. The third kappa shape index (κ3) is 4.65. The van der Waals surface area contributed by atoms with E-state index in [-0.39, 0.29) is 6.61 Å². The van der Waals surface area contributed by atoms with Gasteiger partial charge in [-0.15, -0.1) is 4.33 Å². The van der Waals surface area contributed by atoms with Gasteiger partial charge >= 0.3 is 0 Å². The molecule has 5 heteroatoms. The van der Waals surface area contributed by atoms with Gasteiger partial charge in [0.15, 0.2) is 0 Å². The van der Waals surface area contributed by atoms with Gasteiger partial charge in [0, 0.05) is 12.0 Å². The molecule has 0 bridgehead atoms. The second-order valence-electron chi connectivity index (χ2n) is 2.13. The first-order valence-corrected chi connectivity index (χ1v) is 3.10. The van der Waals surface area contributed by atoms with Crippen LogP contribution in [0.25, 0.3) is 0 Å². The fraction of sp³-hybridized carbons (Fsp3) is 1.00. The van der Waals surface area contributed by atoms with E-state index in [0.29, 0.717) is 0 Å². The monoisotopic (exact) mass is 156 g/mol. The summed E-state index contributed by atoms with van der Waals surface area (Å²) in [4.78, 5) is 0. The molecule has 0 unspecified atom stereocenters. The third-order valence-electron chi connectivity index (χ3n) is 0.666. The molecule has 56 valence electrons. The number of aliphatic hydroxyl groups excluding tert-OH is 1. The Bertz CT molecular complexity index is 78.2. The molecule has 1 N–H and O–H groups in total. The van der Waals surface area contributed by atoms with Gasteiger partial charge < -0.3 is 5.11 Å². The zero-order valence-electron chi connectivity index (χ0n) is 5.26. The Morgan fingerprint density at radius 2 is 2.22 bits per heavy atom. The Labute approximate surface area is 57.2 Å². The Morgan fingerprint density at radius 1 is 1.67 bits per heavy atom. The summed E-state index contributed by atoms with van der Waals surface area (Å²) in [6, 6.07) is 0. The molecule has 0 aliphatic rings. The Balaban J connectivity index is 3.33. The second kappa shape index (κ2) is 4.05. The molecule has 0 aromatic rings. The summed E-state index contributed by atoms with van der Waals surface area (Å²) in [6.45, 7) is 3.29. The van der Waals surface area contributed by atoms with E-state index in [4.69, 9.17) is 5.11 Å². The quantitative estimate of drug-likeness (QED) is 0.377. The number of aliphatic hydroxyl groups is 1. The van der Waals surface area contributed by atoms with Crippen LogP contribution < -0.4 is 0 Å². The third-order valence-corrected chi connectivity index (χ3v) is 1.37. The van der Waals surface area contributed by atoms with Crippen LogP contribution in [0.4, 0.5) is 4.53 Å². The summed E-state index contributed by atoms with van der Waals surface area (Å²) in [7, 11) is 0. The second-order valence-corrected chi connectivity index (χ2v) is 3.54. The zero-order chi connectivity index (χ0) is 7.33. The van der Waals surface area contributed by atoms with Crippen LogP contribution in [0.1, 0.15) is 13.8 Å². The van der Waals surface area contributed by atoms with Crippen LogP contribution in [0, 0.1) is 0 Å². The number of halogens is 1. The van der Waals surface area contributed by atoms with E-state index in [1.165, 1.54) is 0 Å². The van der Waals surface area contributed by atoms with Gasteiger partial charge in [0.05, 0.1) is 11.4 Å². The van der Waals surface area contributed by atoms with Crippen LogP contribution in [0.15, 0.2) is 0 Å². The van der Waals surface area contributed by atoms with Crippen molar-refractivity contribution in [2.75, 3.05) is 6.61 Å². The summed E-state index contributed by atoms with van der Waals surface area (Å²) >= 11 is 0.731. The van der Waals surface area contributed by atoms with Gasteiger partial charge in [0.1, 0.15) is 0 Å². The van der Waals surface area contributed by atoms with Crippen LogP contribution in [0.3, 0.4) is 0 Å².